The molecule has 2 aromatic rings. The molecule has 0 saturated carbocycles. The van der Waals surface area contributed by atoms with E-state index in [1.165, 1.54) is 18.3 Å². The van der Waals surface area contributed by atoms with Crippen LogP contribution in [0.4, 0.5) is 5.82 Å². The van der Waals surface area contributed by atoms with Gasteiger partial charge in [0.1, 0.15) is 11.6 Å². The van der Waals surface area contributed by atoms with Crippen LogP contribution in [0.5, 0.6) is 0 Å². The average molecular weight is 296 g/mol. The van der Waals surface area contributed by atoms with Gasteiger partial charge in [-0.2, -0.15) is 0 Å². The number of aryl methyl sites for hydroxylation is 1. The maximum atomic E-state index is 12.1. The third-order valence-electron chi connectivity index (χ3n) is 2.48. The summed E-state index contributed by atoms with van der Waals surface area (Å²) in [6.07, 6.45) is 2.99. The van der Waals surface area contributed by atoms with Crippen molar-refractivity contribution in [3.8, 4) is 0 Å². The number of sulfonamides is 1. The van der Waals surface area contributed by atoms with E-state index in [1.807, 2.05) is 6.92 Å². The highest BCUT2D eigenvalue weighted by Gasteiger charge is 2.15. The first kappa shape index (κ1) is 14.5. The molecule has 2 heterocycles. The molecule has 0 spiro atoms. The summed E-state index contributed by atoms with van der Waals surface area (Å²) < 4.78 is 31.9. The van der Waals surface area contributed by atoms with E-state index in [9.17, 15) is 8.42 Å². The molecular formula is C12H16N4O3S. The van der Waals surface area contributed by atoms with Gasteiger partial charge in [-0.15, -0.1) is 0 Å². The van der Waals surface area contributed by atoms with Crippen molar-refractivity contribution in [2.75, 3.05) is 11.9 Å². The standard InChI is InChI=1S/C12H16N4O3S/c1-3-13-11-6-10(4-5-14-11)20(17,18)16-8-12-15-7-9(2)19-12/h4-7,16H,3,8H2,1-2H3,(H,13,14). The lowest BCUT2D eigenvalue weighted by Gasteiger charge is -2.07. The summed E-state index contributed by atoms with van der Waals surface area (Å²) in [6, 6.07) is 2.91. The van der Waals surface area contributed by atoms with Gasteiger partial charge < -0.3 is 9.73 Å². The fourth-order valence-electron chi connectivity index (χ4n) is 1.58. The summed E-state index contributed by atoms with van der Waals surface area (Å²) >= 11 is 0. The van der Waals surface area contributed by atoms with Crippen LogP contribution < -0.4 is 10.0 Å². The molecule has 0 saturated heterocycles. The third-order valence-corrected chi connectivity index (χ3v) is 3.88. The molecule has 0 fully saturated rings. The Morgan fingerprint density at radius 3 is 2.80 bits per heavy atom. The zero-order valence-corrected chi connectivity index (χ0v) is 12.1. The van der Waals surface area contributed by atoms with Crippen molar-refractivity contribution >= 4 is 15.8 Å². The quantitative estimate of drug-likeness (QED) is 0.833. The van der Waals surface area contributed by atoms with E-state index in [0.29, 0.717) is 24.0 Å². The highest BCUT2D eigenvalue weighted by Crippen LogP contribution is 2.13. The second kappa shape index (κ2) is 6.02. The molecule has 108 valence electrons. The summed E-state index contributed by atoms with van der Waals surface area (Å²) in [7, 11) is -3.62. The minimum Gasteiger partial charge on any atom is -0.445 e. The molecule has 0 aliphatic rings. The van der Waals surface area contributed by atoms with Crippen LogP contribution >= 0.6 is 0 Å². The Hall–Kier alpha value is -1.93. The van der Waals surface area contributed by atoms with Gasteiger partial charge in [0, 0.05) is 18.8 Å². The summed E-state index contributed by atoms with van der Waals surface area (Å²) in [5.74, 6) is 1.48. The van der Waals surface area contributed by atoms with E-state index < -0.39 is 10.0 Å². The molecule has 0 aromatic carbocycles. The smallest absolute Gasteiger partial charge is 0.241 e. The van der Waals surface area contributed by atoms with Crippen molar-refractivity contribution in [3.63, 3.8) is 0 Å². The van der Waals surface area contributed by atoms with Crippen LogP contribution in [0.15, 0.2) is 33.8 Å². The first-order chi connectivity index (χ1) is 9.51. The molecule has 0 radical (unpaired) electrons. The van der Waals surface area contributed by atoms with E-state index in [2.05, 4.69) is 20.0 Å². The summed E-state index contributed by atoms with van der Waals surface area (Å²) in [6.45, 7) is 4.33. The number of hydrogen-bond acceptors (Lipinski definition) is 6. The van der Waals surface area contributed by atoms with Crippen LogP contribution in [0.25, 0.3) is 0 Å². The Morgan fingerprint density at radius 1 is 1.35 bits per heavy atom. The van der Waals surface area contributed by atoms with Gasteiger partial charge in [-0.05, 0) is 19.9 Å². The summed E-state index contributed by atoms with van der Waals surface area (Å²) in [5, 5.41) is 2.96. The minimum atomic E-state index is -3.62. The van der Waals surface area contributed by atoms with E-state index in [-0.39, 0.29) is 11.4 Å². The van der Waals surface area contributed by atoms with Crippen molar-refractivity contribution in [3.05, 3.63) is 36.2 Å². The maximum absolute atomic E-state index is 12.1. The molecule has 7 nitrogen and oxygen atoms in total. The molecule has 0 unspecified atom stereocenters. The molecule has 8 heteroatoms. The lowest BCUT2D eigenvalue weighted by Crippen LogP contribution is -2.23. The number of nitrogens with zero attached hydrogens (tertiary/aromatic N) is 2. The molecule has 0 aliphatic carbocycles. The van der Waals surface area contributed by atoms with Crippen molar-refractivity contribution in [2.45, 2.75) is 25.3 Å². The number of hydrogen-bond donors (Lipinski definition) is 2. The molecule has 0 bridgehead atoms. The predicted molar refractivity (Wildman–Crippen MR) is 73.7 cm³/mol. The van der Waals surface area contributed by atoms with Crippen LogP contribution in [0.1, 0.15) is 18.6 Å². The summed E-state index contributed by atoms with van der Waals surface area (Å²) in [4.78, 5) is 8.12. The van der Waals surface area contributed by atoms with Crippen LogP contribution in [0, 0.1) is 6.92 Å². The maximum Gasteiger partial charge on any atom is 0.241 e. The predicted octanol–water partition coefficient (Wildman–Crippen LogP) is 1.29. The lowest BCUT2D eigenvalue weighted by atomic mass is 10.4. The van der Waals surface area contributed by atoms with Crippen molar-refractivity contribution in [2.24, 2.45) is 0 Å². The first-order valence-corrected chi connectivity index (χ1v) is 7.60. The topological polar surface area (TPSA) is 97.1 Å². The van der Waals surface area contributed by atoms with Crippen LogP contribution in [-0.2, 0) is 16.6 Å². The molecule has 2 rings (SSSR count). The van der Waals surface area contributed by atoms with Gasteiger partial charge >= 0.3 is 0 Å². The number of rotatable bonds is 6. The van der Waals surface area contributed by atoms with Crippen molar-refractivity contribution < 1.29 is 12.8 Å². The molecule has 0 aliphatic heterocycles. The fraction of sp³-hybridized carbons (Fsp3) is 0.333. The van der Waals surface area contributed by atoms with Crippen LogP contribution in [0.2, 0.25) is 0 Å². The van der Waals surface area contributed by atoms with Gasteiger partial charge in [0.15, 0.2) is 0 Å². The highest BCUT2D eigenvalue weighted by molar-refractivity contribution is 7.89. The normalized spacial score (nSPS) is 11.5. The number of oxazole rings is 1. The van der Waals surface area contributed by atoms with Gasteiger partial charge in [-0.3, -0.25) is 0 Å². The SMILES string of the molecule is CCNc1cc(S(=O)(=O)NCc2ncc(C)o2)ccn1. The molecule has 2 aromatic heterocycles. The molecule has 0 atom stereocenters. The zero-order chi connectivity index (χ0) is 14.6. The van der Waals surface area contributed by atoms with Gasteiger partial charge in [0.05, 0.1) is 17.6 Å². The van der Waals surface area contributed by atoms with E-state index >= 15 is 0 Å². The fourth-order valence-corrected chi connectivity index (χ4v) is 2.57. The Labute approximate surface area is 117 Å². The number of pyridine rings is 1. The molecule has 20 heavy (non-hydrogen) atoms. The lowest BCUT2D eigenvalue weighted by molar-refractivity contribution is 0.463. The molecule has 0 amide bonds. The molecular weight excluding hydrogens is 280 g/mol. The monoisotopic (exact) mass is 296 g/mol. The molecule has 2 N–H and O–H groups in total. The van der Waals surface area contributed by atoms with Gasteiger partial charge in [0.25, 0.3) is 0 Å². The number of anilines is 1. The van der Waals surface area contributed by atoms with Crippen molar-refractivity contribution in [1.29, 1.82) is 0 Å². The van der Waals surface area contributed by atoms with Gasteiger partial charge in [-0.25, -0.2) is 23.1 Å². The average Bonchev–Trinajstić information content (AvgIpc) is 2.83. The Kier molecular flexibility index (Phi) is 4.35. The van der Waals surface area contributed by atoms with Crippen molar-refractivity contribution in [1.82, 2.24) is 14.7 Å². The minimum absolute atomic E-state index is 0.00896. The van der Waals surface area contributed by atoms with E-state index in [1.54, 1.807) is 13.1 Å². The highest BCUT2D eigenvalue weighted by atomic mass is 32.2. The largest absolute Gasteiger partial charge is 0.445 e. The number of nitrogens with one attached hydrogen (secondary N) is 2. The van der Waals surface area contributed by atoms with E-state index in [4.69, 9.17) is 4.42 Å². The summed E-state index contributed by atoms with van der Waals surface area (Å²) in [5.41, 5.74) is 0. The number of aromatic nitrogens is 2. The third kappa shape index (κ3) is 3.55. The van der Waals surface area contributed by atoms with Crippen LogP contribution in [-0.4, -0.2) is 24.9 Å². The van der Waals surface area contributed by atoms with Gasteiger partial charge in [-0.1, -0.05) is 0 Å². The first-order valence-electron chi connectivity index (χ1n) is 6.12. The Morgan fingerprint density at radius 2 is 2.15 bits per heavy atom. The van der Waals surface area contributed by atoms with Gasteiger partial charge in [0.2, 0.25) is 15.9 Å². The van der Waals surface area contributed by atoms with E-state index in [0.717, 1.165) is 0 Å². The second-order valence-electron chi connectivity index (χ2n) is 4.10. The second-order valence-corrected chi connectivity index (χ2v) is 5.86. The zero-order valence-electron chi connectivity index (χ0n) is 11.3. The Balaban J connectivity index is 2.11. The Bertz CT molecular complexity index is 682. The van der Waals surface area contributed by atoms with Crippen LogP contribution in [0.3, 0.4) is 0 Å².